The fourth-order valence-corrected chi connectivity index (χ4v) is 2.93. The molecule has 2 heterocycles. The van der Waals surface area contributed by atoms with Crippen molar-refractivity contribution in [2.24, 2.45) is 0 Å². The highest BCUT2D eigenvalue weighted by Crippen LogP contribution is 2.32. The second kappa shape index (κ2) is 6.40. The van der Waals surface area contributed by atoms with Crippen LogP contribution in [0.3, 0.4) is 0 Å². The summed E-state index contributed by atoms with van der Waals surface area (Å²) in [6.07, 6.45) is 0. The zero-order valence-corrected chi connectivity index (χ0v) is 13.8. The van der Waals surface area contributed by atoms with Gasteiger partial charge in [0.15, 0.2) is 17.3 Å². The maximum atomic E-state index is 12.8. The van der Waals surface area contributed by atoms with Crippen molar-refractivity contribution in [1.82, 2.24) is 4.57 Å². The van der Waals surface area contributed by atoms with Gasteiger partial charge in [0.2, 0.25) is 0 Å². The fourth-order valence-electron chi connectivity index (χ4n) is 2.93. The van der Waals surface area contributed by atoms with Crippen LogP contribution in [0.25, 0.3) is 5.69 Å². The van der Waals surface area contributed by atoms with Crippen molar-refractivity contribution in [1.29, 1.82) is 0 Å². The smallest absolute Gasteiger partial charge is 0.256 e. The van der Waals surface area contributed by atoms with Gasteiger partial charge in [-0.1, -0.05) is 30.3 Å². The Balaban J connectivity index is 1.83. The number of anilines is 1. The molecule has 0 atom stereocenters. The first kappa shape index (κ1) is 16.0. The van der Waals surface area contributed by atoms with E-state index >= 15 is 0 Å². The number of nitrogens with zero attached hydrogens (tertiary/aromatic N) is 1. The number of hydrogen-bond donors (Lipinski definition) is 1. The lowest BCUT2D eigenvalue weighted by Gasteiger charge is -2.20. The van der Waals surface area contributed by atoms with Gasteiger partial charge in [-0.05, 0) is 18.2 Å². The molecule has 1 aliphatic rings. The Labute approximate surface area is 149 Å². The molecule has 0 unspecified atom stereocenters. The number of fused-ring (bicyclic) bond motifs is 1. The third-order valence-electron chi connectivity index (χ3n) is 4.19. The van der Waals surface area contributed by atoms with Gasteiger partial charge in [-0.15, -0.1) is 0 Å². The van der Waals surface area contributed by atoms with E-state index in [9.17, 15) is 9.59 Å². The number of ether oxygens (including phenoxy) is 2. The Morgan fingerprint density at radius 3 is 2.42 bits per heavy atom. The highest BCUT2D eigenvalue weighted by atomic mass is 16.6. The first-order chi connectivity index (χ1) is 12.6. The summed E-state index contributed by atoms with van der Waals surface area (Å²) >= 11 is 0. The maximum absolute atomic E-state index is 12.8. The monoisotopic (exact) mass is 348 g/mol. The normalized spacial score (nSPS) is 12.6. The quantitative estimate of drug-likeness (QED) is 0.735. The van der Waals surface area contributed by atoms with Gasteiger partial charge in [0.1, 0.15) is 19.0 Å². The van der Waals surface area contributed by atoms with E-state index in [4.69, 9.17) is 15.2 Å². The molecule has 0 aliphatic carbocycles. The van der Waals surface area contributed by atoms with E-state index in [0.717, 1.165) is 0 Å². The topological polar surface area (TPSA) is 83.6 Å². The van der Waals surface area contributed by atoms with Crippen LogP contribution in [0.1, 0.15) is 15.9 Å². The number of carbonyl (C=O) groups excluding carboxylic acids is 1. The van der Waals surface area contributed by atoms with E-state index in [0.29, 0.717) is 36.0 Å². The Hall–Kier alpha value is -3.54. The Kier molecular flexibility index (Phi) is 3.93. The number of ketones is 1. The van der Waals surface area contributed by atoms with Crippen LogP contribution in [0, 0.1) is 0 Å². The van der Waals surface area contributed by atoms with Crippen molar-refractivity contribution in [3.63, 3.8) is 0 Å². The zero-order chi connectivity index (χ0) is 18.1. The van der Waals surface area contributed by atoms with Crippen LogP contribution in [0.15, 0.2) is 65.5 Å². The molecule has 4 rings (SSSR count). The van der Waals surface area contributed by atoms with Gasteiger partial charge >= 0.3 is 0 Å². The molecule has 0 radical (unpaired) electrons. The van der Waals surface area contributed by atoms with Gasteiger partial charge in [0, 0.05) is 17.7 Å². The minimum Gasteiger partial charge on any atom is -0.486 e. The standard InChI is InChI=1S/C20H16N2O4/c21-20-15(19(24)13-4-2-1-3-5-13)7-9-18(23)22(20)14-6-8-16-17(12-14)26-11-10-25-16/h1-9,12H,10-11,21H2. The summed E-state index contributed by atoms with van der Waals surface area (Å²) < 4.78 is 12.4. The summed E-state index contributed by atoms with van der Waals surface area (Å²) in [4.78, 5) is 25.2. The number of nitrogens with two attached hydrogens (primary N) is 1. The molecule has 26 heavy (non-hydrogen) atoms. The number of nitrogen functional groups attached to an aromatic ring is 1. The van der Waals surface area contributed by atoms with Crippen LogP contribution < -0.4 is 20.8 Å². The van der Waals surface area contributed by atoms with E-state index in [1.165, 1.54) is 16.7 Å². The van der Waals surface area contributed by atoms with Crippen LogP contribution >= 0.6 is 0 Å². The van der Waals surface area contributed by atoms with Crippen LogP contribution in [0.5, 0.6) is 11.5 Å². The predicted molar refractivity (Wildman–Crippen MR) is 97.3 cm³/mol. The lowest BCUT2D eigenvalue weighted by atomic mass is 10.0. The third kappa shape index (κ3) is 2.71. The average Bonchev–Trinajstić information content (AvgIpc) is 2.68. The molecule has 0 amide bonds. The van der Waals surface area contributed by atoms with E-state index in [1.807, 2.05) is 6.07 Å². The van der Waals surface area contributed by atoms with Gasteiger partial charge in [-0.3, -0.25) is 14.2 Å². The number of benzene rings is 2. The molecule has 0 saturated heterocycles. The summed E-state index contributed by atoms with van der Waals surface area (Å²) in [5, 5.41) is 0. The Morgan fingerprint density at radius 1 is 0.923 bits per heavy atom. The minimum absolute atomic E-state index is 0.0861. The van der Waals surface area contributed by atoms with Crippen LogP contribution in [0.2, 0.25) is 0 Å². The fraction of sp³-hybridized carbons (Fsp3) is 0.100. The van der Waals surface area contributed by atoms with Crippen molar-refractivity contribution in [3.05, 3.63) is 82.1 Å². The highest BCUT2D eigenvalue weighted by Gasteiger charge is 2.18. The molecule has 2 aromatic carbocycles. The molecule has 0 fully saturated rings. The molecule has 3 aromatic rings. The molecule has 0 spiro atoms. The number of rotatable bonds is 3. The minimum atomic E-state index is -0.330. The van der Waals surface area contributed by atoms with Gasteiger partial charge in [0.25, 0.3) is 5.56 Å². The molecule has 2 N–H and O–H groups in total. The molecular weight excluding hydrogens is 332 g/mol. The van der Waals surface area contributed by atoms with E-state index in [-0.39, 0.29) is 22.7 Å². The molecule has 130 valence electrons. The molecule has 6 nitrogen and oxygen atoms in total. The Bertz CT molecular complexity index is 1040. The van der Waals surface area contributed by atoms with Crippen LogP contribution in [-0.4, -0.2) is 23.6 Å². The molecule has 1 aromatic heterocycles. The first-order valence-corrected chi connectivity index (χ1v) is 8.16. The highest BCUT2D eigenvalue weighted by molar-refractivity contribution is 6.11. The second-order valence-electron chi connectivity index (χ2n) is 5.83. The van der Waals surface area contributed by atoms with E-state index in [2.05, 4.69) is 0 Å². The number of pyridine rings is 1. The lowest BCUT2D eigenvalue weighted by molar-refractivity contribution is 0.103. The third-order valence-corrected chi connectivity index (χ3v) is 4.19. The predicted octanol–water partition coefficient (Wildman–Crippen LogP) is 2.42. The second-order valence-corrected chi connectivity index (χ2v) is 5.83. The van der Waals surface area contributed by atoms with Gasteiger partial charge in [-0.2, -0.15) is 0 Å². The first-order valence-electron chi connectivity index (χ1n) is 8.16. The van der Waals surface area contributed by atoms with Crippen molar-refractivity contribution < 1.29 is 14.3 Å². The van der Waals surface area contributed by atoms with Crippen LogP contribution in [-0.2, 0) is 0 Å². The number of aromatic nitrogens is 1. The van der Waals surface area contributed by atoms with Gasteiger partial charge in [-0.25, -0.2) is 0 Å². The molecular formula is C20H16N2O4. The number of hydrogen-bond acceptors (Lipinski definition) is 5. The van der Waals surface area contributed by atoms with Gasteiger partial charge < -0.3 is 15.2 Å². The average molecular weight is 348 g/mol. The van der Waals surface area contributed by atoms with Crippen LogP contribution in [0.4, 0.5) is 5.82 Å². The zero-order valence-electron chi connectivity index (χ0n) is 13.8. The van der Waals surface area contributed by atoms with Gasteiger partial charge in [0.05, 0.1) is 11.3 Å². The molecule has 0 saturated carbocycles. The van der Waals surface area contributed by atoms with Crippen molar-refractivity contribution in [2.45, 2.75) is 0 Å². The summed E-state index contributed by atoms with van der Waals surface area (Å²) in [5.74, 6) is 1.00. The largest absolute Gasteiger partial charge is 0.486 e. The molecule has 0 bridgehead atoms. The number of carbonyl (C=O) groups is 1. The SMILES string of the molecule is Nc1c(C(=O)c2ccccc2)ccc(=O)n1-c1ccc2c(c1)OCCO2. The van der Waals surface area contributed by atoms with E-state index in [1.54, 1.807) is 42.5 Å². The maximum Gasteiger partial charge on any atom is 0.256 e. The van der Waals surface area contributed by atoms with Crippen molar-refractivity contribution in [3.8, 4) is 17.2 Å². The van der Waals surface area contributed by atoms with Crippen molar-refractivity contribution >= 4 is 11.6 Å². The summed E-state index contributed by atoms with van der Waals surface area (Å²) in [7, 11) is 0. The Morgan fingerprint density at radius 2 is 1.65 bits per heavy atom. The lowest BCUT2D eigenvalue weighted by Crippen LogP contribution is -2.24. The molecule has 6 heteroatoms. The van der Waals surface area contributed by atoms with E-state index < -0.39 is 0 Å². The summed E-state index contributed by atoms with van der Waals surface area (Å²) in [5.41, 5.74) is 7.16. The molecule has 1 aliphatic heterocycles. The summed E-state index contributed by atoms with van der Waals surface area (Å²) in [6.45, 7) is 0.920. The van der Waals surface area contributed by atoms with Crippen molar-refractivity contribution in [2.75, 3.05) is 18.9 Å². The summed E-state index contributed by atoms with van der Waals surface area (Å²) in [6, 6.07) is 16.7.